The second kappa shape index (κ2) is 8.12. The van der Waals surface area contributed by atoms with Gasteiger partial charge >= 0.3 is 12.1 Å². The molecule has 5 rings (SSSR count). The Bertz CT molecular complexity index is 764. The van der Waals surface area contributed by atoms with Crippen LogP contribution in [-0.4, -0.2) is 29.8 Å². The highest BCUT2D eigenvalue weighted by atomic mass is 16.6. The van der Waals surface area contributed by atoms with Crippen molar-refractivity contribution >= 4 is 17.8 Å². The number of amides is 3. The molecule has 4 fully saturated rings. The second-order valence-electron chi connectivity index (χ2n) is 10.7. The summed E-state index contributed by atoms with van der Waals surface area (Å²) in [7, 11) is 0. The highest BCUT2D eigenvalue weighted by Crippen LogP contribution is 2.55. The molecule has 4 aliphatic rings. The monoisotopic (exact) mass is 413 g/mol. The van der Waals surface area contributed by atoms with Crippen molar-refractivity contribution in [3.05, 3.63) is 29.8 Å². The maximum absolute atomic E-state index is 12.7. The summed E-state index contributed by atoms with van der Waals surface area (Å²) in [5, 5.41) is 9.15. The van der Waals surface area contributed by atoms with Crippen LogP contribution in [0.1, 0.15) is 64.9 Å². The van der Waals surface area contributed by atoms with Crippen LogP contribution in [0.5, 0.6) is 0 Å². The summed E-state index contributed by atoms with van der Waals surface area (Å²) >= 11 is 0. The van der Waals surface area contributed by atoms with Gasteiger partial charge in [0.05, 0.1) is 0 Å². The fraction of sp³-hybridized carbons (Fsp3) is 0.667. The Morgan fingerprint density at radius 3 is 2.30 bits per heavy atom. The number of urea groups is 1. The van der Waals surface area contributed by atoms with Crippen molar-refractivity contribution in [2.75, 3.05) is 11.9 Å². The molecule has 6 nitrogen and oxygen atoms in total. The number of benzene rings is 1. The Labute approximate surface area is 179 Å². The Balaban J connectivity index is 1.27. The lowest BCUT2D eigenvalue weighted by molar-refractivity contribution is -0.0127. The van der Waals surface area contributed by atoms with Crippen molar-refractivity contribution in [1.29, 1.82) is 0 Å². The second-order valence-corrected chi connectivity index (χ2v) is 10.7. The molecule has 0 spiro atoms. The van der Waals surface area contributed by atoms with E-state index in [-0.39, 0.29) is 11.6 Å². The van der Waals surface area contributed by atoms with Crippen molar-refractivity contribution in [3.63, 3.8) is 0 Å². The average Bonchev–Trinajstić information content (AvgIpc) is 2.58. The summed E-state index contributed by atoms with van der Waals surface area (Å²) in [5.41, 5.74) is 1.34. The molecule has 30 heavy (non-hydrogen) atoms. The predicted octanol–water partition coefficient (Wildman–Crippen LogP) is 4.84. The summed E-state index contributed by atoms with van der Waals surface area (Å²) in [6, 6.07) is 7.71. The van der Waals surface area contributed by atoms with Crippen LogP contribution in [0.25, 0.3) is 0 Å². The van der Waals surface area contributed by atoms with Crippen molar-refractivity contribution < 1.29 is 14.3 Å². The summed E-state index contributed by atoms with van der Waals surface area (Å²) < 4.78 is 5.25. The smallest absolute Gasteiger partial charge is 0.407 e. The first-order chi connectivity index (χ1) is 14.2. The fourth-order valence-corrected chi connectivity index (χ4v) is 6.09. The maximum Gasteiger partial charge on any atom is 0.407 e. The lowest BCUT2D eigenvalue weighted by Crippen LogP contribution is -2.60. The molecule has 164 valence electrons. The minimum Gasteiger partial charge on any atom is -0.444 e. The van der Waals surface area contributed by atoms with Gasteiger partial charge in [-0.3, -0.25) is 0 Å². The Hall–Kier alpha value is -2.24. The van der Waals surface area contributed by atoms with E-state index in [2.05, 4.69) is 16.0 Å². The van der Waals surface area contributed by atoms with Crippen LogP contribution in [0, 0.1) is 17.8 Å². The first-order valence-electron chi connectivity index (χ1n) is 11.3. The van der Waals surface area contributed by atoms with E-state index in [4.69, 9.17) is 4.74 Å². The van der Waals surface area contributed by atoms with Crippen LogP contribution in [0.15, 0.2) is 24.3 Å². The zero-order valence-corrected chi connectivity index (χ0v) is 18.4. The molecular formula is C24H35N3O3. The van der Waals surface area contributed by atoms with E-state index in [1.807, 2.05) is 45.0 Å². The molecule has 4 aliphatic carbocycles. The Morgan fingerprint density at radius 2 is 1.70 bits per heavy atom. The SMILES string of the molecule is CC(C)(C)OC(=O)NCCc1cccc(NC(=O)NC23CC4CC(CC(C4)C2)C3)c1. The number of nitrogens with one attached hydrogen (secondary N) is 3. The van der Waals surface area contributed by atoms with E-state index in [0.29, 0.717) is 13.0 Å². The minimum atomic E-state index is -0.502. The number of rotatable bonds is 5. The quantitative estimate of drug-likeness (QED) is 0.646. The van der Waals surface area contributed by atoms with Crippen LogP contribution in [0.2, 0.25) is 0 Å². The Morgan fingerprint density at radius 1 is 1.07 bits per heavy atom. The van der Waals surface area contributed by atoms with Crippen LogP contribution < -0.4 is 16.0 Å². The zero-order valence-electron chi connectivity index (χ0n) is 18.4. The zero-order chi connectivity index (χ0) is 21.4. The van der Waals surface area contributed by atoms with E-state index >= 15 is 0 Å². The van der Waals surface area contributed by atoms with E-state index < -0.39 is 11.7 Å². The van der Waals surface area contributed by atoms with E-state index in [9.17, 15) is 9.59 Å². The summed E-state index contributed by atoms with van der Waals surface area (Å²) in [5.74, 6) is 2.41. The van der Waals surface area contributed by atoms with Crippen LogP contribution in [0.3, 0.4) is 0 Å². The lowest BCUT2D eigenvalue weighted by Gasteiger charge is -2.56. The third kappa shape index (κ3) is 5.27. The van der Waals surface area contributed by atoms with Gasteiger partial charge in [-0.2, -0.15) is 0 Å². The van der Waals surface area contributed by atoms with Gasteiger partial charge < -0.3 is 20.7 Å². The number of carbonyl (C=O) groups excluding carboxylic acids is 2. The molecule has 4 bridgehead atoms. The number of ether oxygens (including phenoxy) is 1. The molecule has 0 heterocycles. The van der Waals surface area contributed by atoms with E-state index in [0.717, 1.165) is 48.3 Å². The molecule has 3 N–H and O–H groups in total. The highest BCUT2D eigenvalue weighted by Gasteiger charge is 2.51. The molecule has 0 unspecified atom stereocenters. The van der Waals surface area contributed by atoms with Crippen molar-refractivity contribution in [1.82, 2.24) is 10.6 Å². The molecule has 6 heteroatoms. The highest BCUT2D eigenvalue weighted by molar-refractivity contribution is 5.89. The number of anilines is 1. The predicted molar refractivity (Wildman–Crippen MR) is 117 cm³/mol. The summed E-state index contributed by atoms with van der Waals surface area (Å²) in [4.78, 5) is 24.5. The molecule has 0 atom stereocenters. The van der Waals surface area contributed by atoms with Gasteiger partial charge in [-0.25, -0.2) is 9.59 Å². The molecule has 1 aromatic carbocycles. The molecule has 0 radical (unpaired) electrons. The van der Waals surface area contributed by atoms with E-state index in [1.165, 1.54) is 19.3 Å². The number of hydrogen-bond donors (Lipinski definition) is 3. The average molecular weight is 414 g/mol. The third-order valence-corrected chi connectivity index (χ3v) is 6.68. The van der Waals surface area contributed by atoms with Gasteiger partial charge in [0, 0.05) is 17.8 Å². The molecule has 0 aromatic heterocycles. The van der Waals surface area contributed by atoms with Crippen LogP contribution >= 0.6 is 0 Å². The van der Waals surface area contributed by atoms with E-state index in [1.54, 1.807) is 0 Å². The molecular weight excluding hydrogens is 378 g/mol. The lowest BCUT2D eigenvalue weighted by atomic mass is 9.53. The van der Waals surface area contributed by atoms with Gasteiger partial charge in [-0.05, 0) is 101 Å². The number of alkyl carbamates (subject to hydrolysis) is 1. The van der Waals surface area contributed by atoms with Crippen molar-refractivity contribution in [3.8, 4) is 0 Å². The van der Waals surface area contributed by atoms with Gasteiger partial charge in [0.1, 0.15) is 5.60 Å². The molecule has 0 aliphatic heterocycles. The first-order valence-corrected chi connectivity index (χ1v) is 11.3. The third-order valence-electron chi connectivity index (χ3n) is 6.68. The van der Waals surface area contributed by atoms with Crippen LogP contribution in [0.4, 0.5) is 15.3 Å². The topological polar surface area (TPSA) is 79.5 Å². The van der Waals surface area contributed by atoms with Gasteiger partial charge in [0.15, 0.2) is 0 Å². The van der Waals surface area contributed by atoms with Gasteiger partial charge in [0.25, 0.3) is 0 Å². The molecule has 4 saturated carbocycles. The standard InChI is InChI=1S/C24H35N3O3/c1-23(2,3)30-22(29)25-8-7-16-5-4-6-20(12-16)26-21(28)27-24-13-17-9-18(14-24)11-19(10-17)15-24/h4-6,12,17-19H,7-11,13-15H2,1-3H3,(H,25,29)(H2,26,27,28). The minimum absolute atomic E-state index is 0.00772. The number of hydrogen-bond acceptors (Lipinski definition) is 3. The van der Waals surface area contributed by atoms with Crippen molar-refractivity contribution in [2.45, 2.75) is 76.9 Å². The van der Waals surface area contributed by atoms with Gasteiger partial charge in [-0.15, -0.1) is 0 Å². The Kier molecular flexibility index (Phi) is 5.69. The first kappa shape index (κ1) is 21.0. The van der Waals surface area contributed by atoms with Crippen molar-refractivity contribution in [2.24, 2.45) is 17.8 Å². The molecule has 1 aromatic rings. The molecule has 0 saturated heterocycles. The maximum atomic E-state index is 12.7. The fourth-order valence-electron chi connectivity index (χ4n) is 6.09. The summed E-state index contributed by atoms with van der Waals surface area (Å²) in [6.45, 7) is 6.01. The van der Waals surface area contributed by atoms with Crippen LogP contribution in [-0.2, 0) is 11.2 Å². The normalized spacial score (nSPS) is 29.4. The van der Waals surface area contributed by atoms with Gasteiger partial charge in [-0.1, -0.05) is 12.1 Å². The molecule has 3 amide bonds. The summed E-state index contributed by atoms with van der Waals surface area (Å²) in [6.07, 6.45) is 7.78. The largest absolute Gasteiger partial charge is 0.444 e. The van der Waals surface area contributed by atoms with Gasteiger partial charge in [0.2, 0.25) is 0 Å². The number of carbonyl (C=O) groups is 2.